The third kappa shape index (κ3) is 1.90. The molecule has 0 spiro atoms. The van der Waals surface area contributed by atoms with E-state index in [9.17, 15) is 4.57 Å². The van der Waals surface area contributed by atoms with Gasteiger partial charge in [0.1, 0.15) is 0 Å². The van der Waals surface area contributed by atoms with Crippen LogP contribution in [-0.2, 0) is 4.57 Å². The zero-order chi connectivity index (χ0) is 8.48. The molecule has 0 aliphatic heterocycles. The number of hydrogen-bond acceptors (Lipinski definition) is 1. The zero-order valence-electron chi connectivity index (χ0n) is 5.90. The minimum atomic E-state index is -4.09. The number of rotatable bonds is 1. The van der Waals surface area contributed by atoms with Crippen molar-refractivity contribution >= 4 is 7.60 Å². The van der Waals surface area contributed by atoms with Crippen LogP contribution in [0.4, 0.5) is 0 Å². The van der Waals surface area contributed by atoms with Gasteiger partial charge in [-0.1, -0.05) is 18.7 Å². The number of hydrogen-bond donors (Lipinski definition) is 2. The van der Waals surface area contributed by atoms with E-state index in [1.165, 1.54) is 6.08 Å². The Bertz CT molecular complexity index is 282. The standard InChI is InChI=1S/C7H9O3P/c1-6-4-2-3-5-7(6)11(8,9)10/h2-3,5H,1,4H2,(H2,8,9,10). The quantitative estimate of drug-likeness (QED) is 0.590. The van der Waals surface area contributed by atoms with Gasteiger partial charge in [0.25, 0.3) is 0 Å². The molecule has 1 rings (SSSR count). The molecule has 0 saturated heterocycles. The van der Waals surface area contributed by atoms with Crippen LogP contribution in [0.3, 0.4) is 0 Å². The number of allylic oxidation sites excluding steroid dienone is 5. The van der Waals surface area contributed by atoms with Gasteiger partial charge in [-0.15, -0.1) is 0 Å². The predicted molar refractivity (Wildman–Crippen MR) is 43.0 cm³/mol. The molecule has 0 aromatic heterocycles. The summed E-state index contributed by atoms with van der Waals surface area (Å²) in [6.07, 6.45) is 5.37. The molecule has 0 unspecified atom stereocenters. The molecular weight excluding hydrogens is 163 g/mol. The average Bonchev–Trinajstić information content (AvgIpc) is 1.86. The second-order valence-corrected chi connectivity index (χ2v) is 3.90. The summed E-state index contributed by atoms with van der Waals surface area (Å²) in [6, 6.07) is 0. The first-order chi connectivity index (χ1) is 5.02. The van der Waals surface area contributed by atoms with Gasteiger partial charge in [0.2, 0.25) is 0 Å². The Balaban J connectivity index is 3.03. The highest BCUT2D eigenvalue weighted by Crippen LogP contribution is 2.49. The molecule has 0 saturated carbocycles. The van der Waals surface area contributed by atoms with Crippen LogP contribution >= 0.6 is 7.60 Å². The van der Waals surface area contributed by atoms with Gasteiger partial charge < -0.3 is 9.79 Å². The van der Waals surface area contributed by atoms with Crippen LogP contribution in [0.25, 0.3) is 0 Å². The first kappa shape index (κ1) is 8.47. The molecule has 4 heteroatoms. The average molecular weight is 172 g/mol. The first-order valence-electron chi connectivity index (χ1n) is 3.13. The molecule has 60 valence electrons. The van der Waals surface area contributed by atoms with Gasteiger partial charge in [-0.25, -0.2) is 0 Å². The predicted octanol–water partition coefficient (Wildman–Crippen LogP) is 1.56. The van der Waals surface area contributed by atoms with Crippen LogP contribution < -0.4 is 0 Å². The Morgan fingerprint density at radius 2 is 2.18 bits per heavy atom. The van der Waals surface area contributed by atoms with E-state index >= 15 is 0 Å². The monoisotopic (exact) mass is 172 g/mol. The highest BCUT2D eigenvalue weighted by atomic mass is 31.2. The largest absolute Gasteiger partial charge is 0.356 e. The van der Waals surface area contributed by atoms with E-state index in [2.05, 4.69) is 6.58 Å². The van der Waals surface area contributed by atoms with Gasteiger partial charge >= 0.3 is 7.60 Å². The smallest absolute Gasteiger partial charge is 0.321 e. The van der Waals surface area contributed by atoms with Crippen molar-refractivity contribution in [1.82, 2.24) is 0 Å². The summed E-state index contributed by atoms with van der Waals surface area (Å²) in [5.41, 5.74) is 0.501. The molecule has 1 aliphatic rings. The summed E-state index contributed by atoms with van der Waals surface area (Å²) in [7, 11) is -4.09. The fraction of sp³-hybridized carbons (Fsp3) is 0.143. The van der Waals surface area contributed by atoms with Crippen molar-refractivity contribution in [1.29, 1.82) is 0 Å². The van der Waals surface area contributed by atoms with Crippen LogP contribution in [-0.4, -0.2) is 9.79 Å². The van der Waals surface area contributed by atoms with Crippen molar-refractivity contribution in [2.45, 2.75) is 6.42 Å². The third-order valence-corrected chi connectivity index (χ3v) is 2.52. The van der Waals surface area contributed by atoms with Crippen molar-refractivity contribution in [3.8, 4) is 0 Å². The van der Waals surface area contributed by atoms with Crippen LogP contribution in [0, 0.1) is 0 Å². The molecular formula is C7H9O3P. The minimum Gasteiger partial charge on any atom is -0.321 e. The Morgan fingerprint density at radius 1 is 1.55 bits per heavy atom. The molecule has 0 fully saturated rings. The molecule has 0 amide bonds. The maximum atomic E-state index is 10.7. The normalized spacial score (nSPS) is 18.4. The van der Waals surface area contributed by atoms with Gasteiger partial charge in [-0.05, 0) is 18.1 Å². The van der Waals surface area contributed by atoms with E-state index in [1.807, 2.05) is 6.08 Å². The Morgan fingerprint density at radius 3 is 2.55 bits per heavy atom. The van der Waals surface area contributed by atoms with Gasteiger partial charge in [-0.2, -0.15) is 0 Å². The third-order valence-electron chi connectivity index (χ3n) is 1.43. The lowest BCUT2D eigenvalue weighted by Gasteiger charge is -2.12. The van der Waals surface area contributed by atoms with Crippen molar-refractivity contribution in [2.24, 2.45) is 0 Å². The van der Waals surface area contributed by atoms with E-state index in [0.717, 1.165) is 0 Å². The molecule has 0 aromatic rings. The van der Waals surface area contributed by atoms with Gasteiger partial charge in [0.15, 0.2) is 0 Å². The second kappa shape index (κ2) is 2.78. The summed E-state index contributed by atoms with van der Waals surface area (Å²) in [5, 5.41) is 0.0556. The lowest BCUT2D eigenvalue weighted by atomic mass is 10.1. The summed E-state index contributed by atoms with van der Waals surface area (Å²) in [6.45, 7) is 3.55. The Labute approximate surface area is 64.9 Å². The summed E-state index contributed by atoms with van der Waals surface area (Å²) in [4.78, 5) is 17.5. The fourth-order valence-corrected chi connectivity index (χ4v) is 1.68. The van der Waals surface area contributed by atoms with Crippen molar-refractivity contribution in [2.75, 3.05) is 0 Å². The molecule has 1 aliphatic carbocycles. The van der Waals surface area contributed by atoms with Gasteiger partial charge in [0, 0.05) is 0 Å². The van der Waals surface area contributed by atoms with Crippen LogP contribution in [0.15, 0.2) is 35.7 Å². The minimum absolute atomic E-state index is 0.0556. The van der Waals surface area contributed by atoms with Crippen LogP contribution in [0.5, 0.6) is 0 Å². The highest BCUT2D eigenvalue weighted by molar-refractivity contribution is 7.56. The molecule has 0 atom stereocenters. The van der Waals surface area contributed by atoms with E-state index in [4.69, 9.17) is 9.79 Å². The summed E-state index contributed by atoms with van der Waals surface area (Å²) in [5.74, 6) is 0. The van der Waals surface area contributed by atoms with E-state index in [-0.39, 0.29) is 5.31 Å². The summed E-state index contributed by atoms with van der Waals surface area (Å²) < 4.78 is 10.7. The van der Waals surface area contributed by atoms with E-state index in [1.54, 1.807) is 6.08 Å². The van der Waals surface area contributed by atoms with E-state index < -0.39 is 7.60 Å². The van der Waals surface area contributed by atoms with Crippen molar-refractivity contribution in [3.05, 3.63) is 35.7 Å². The van der Waals surface area contributed by atoms with Crippen LogP contribution in [0.1, 0.15) is 6.42 Å². The molecule has 0 bridgehead atoms. The van der Waals surface area contributed by atoms with Gasteiger partial charge in [-0.3, -0.25) is 4.57 Å². The highest BCUT2D eigenvalue weighted by Gasteiger charge is 2.23. The fourth-order valence-electron chi connectivity index (χ4n) is 0.895. The van der Waals surface area contributed by atoms with Crippen molar-refractivity contribution in [3.63, 3.8) is 0 Å². The van der Waals surface area contributed by atoms with Crippen molar-refractivity contribution < 1.29 is 14.4 Å². The Hall–Kier alpha value is -0.630. The van der Waals surface area contributed by atoms with Gasteiger partial charge in [0.05, 0.1) is 5.31 Å². The SMILES string of the molecule is C=C1CC=CC=C1P(=O)(O)O. The van der Waals surface area contributed by atoms with Crippen LogP contribution in [0.2, 0.25) is 0 Å². The molecule has 0 heterocycles. The lowest BCUT2D eigenvalue weighted by molar-refractivity contribution is 0.383. The summed E-state index contributed by atoms with van der Waals surface area (Å²) >= 11 is 0. The maximum Gasteiger partial charge on any atom is 0.356 e. The zero-order valence-corrected chi connectivity index (χ0v) is 6.79. The molecule has 3 nitrogen and oxygen atoms in total. The Kier molecular flexibility index (Phi) is 2.14. The lowest BCUT2D eigenvalue weighted by Crippen LogP contribution is -1.92. The van der Waals surface area contributed by atoms with E-state index in [0.29, 0.717) is 12.0 Å². The topological polar surface area (TPSA) is 57.5 Å². The maximum absolute atomic E-state index is 10.7. The molecule has 0 radical (unpaired) electrons. The second-order valence-electron chi connectivity index (χ2n) is 2.33. The first-order valence-corrected chi connectivity index (χ1v) is 4.74. The molecule has 0 aromatic carbocycles. The molecule has 11 heavy (non-hydrogen) atoms. The molecule has 2 N–H and O–H groups in total.